The Bertz CT molecular complexity index is 600. The van der Waals surface area contributed by atoms with Gasteiger partial charge in [0.1, 0.15) is 5.82 Å². The summed E-state index contributed by atoms with van der Waals surface area (Å²) in [5.41, 5.74) is 0.708. The van der Waals surface area contributed by atoms with Crippen molar-refractivity contribution in [1.82, 2.24) is 8.61 Å². The van der Waals surface area contributed by atoms with E-state index in [1.54, 1.807) is 26.2 Å². The van der Waals surface area contributed by atoms with Gasteiger partial charge >= 0.3 is 0 Å². The van der Waals surface area contributed by atoms with Crippen LogP contribution in [0, 0.1) is 5.82 Å². The molecule has 1 aromatic rings. The van der Waals surface area contributed by atoms with Gasteiger partial charge in [0.25, 0.3) is 10.2 Å². The predicted molar refractivity (Wildman–Crippen MR) is 87.7 cm³/mol. The molecule has 5 nitrogen and oxygen atoms in total. The maximum atomic E-state index is 13.1. The van der Waals surface area contributed by atoms with Gasteiger partial charge in [-0.05, 0) is 30.5 Å². The molecule has 1 saturated carbocycles. The molecule has 0 saturated heterocycles. The molecule has 1 atom stereocenters. The van der Waals surface area contributed by atoms with Crippen LogP contribution in [0.1, 0.15) is 37.3 Å². The van der Waals surface area contributed by atoms with Crippen LogP contribution in [0.15, 0.2) is 24.3 Å². The lowest BCUT2D eigenvalue weighted by atomic mass is 10.1. The zero-order chi connectivity index (χ0) is 17.0. The highest BCUT2D eigenvalue weighted by Gasteiger charge is 2.35. The molecule has 0 heterocycles. The number of methoxy groups -OCH3 is 1. The standard InChI is InChI=1S/C16H25FN2O3S/c1-18(15-6-4-5-7-15)23(20,21)19(2)16(12-22-3)13-8-10-14(17)11-9-13/h8-11,15-16H,4-7,12H2,1-3H3. The lowest BCUT2D eigenvalue weighted by molar-refractivity contribution is 0.138. The first-order valence-electron chi connectivity index (χ1n) is 7.83. The van der Waals surface area contributed by atoms with Crippen LogP contribution in [0.4, 0.5) is 4.39 Å². The van der Waals surface area contributed by atoms with Crippen LogP contribution in [0.5, 0.6) is 0 Å². The number of hydrogen-bond acceptors (Lipinski definition) is 3. The van der Waals surface area contributed by atoms with E-state index in [4.69, 9.17) is 4.74 Å². The molecule has 0 amide bonds. The molecule has 0 bridgehead atoms. The van der Waals surface area contributed by atoms with Gasteiger partial charge < -0.3 is 4.74 Å². The van der Waals surface area contributed by atoms with E-state index in [0.29, 0.717) is 5.56 Å². The highest BCUT2D eigenvalue weighted by Crippen LogP contribution is 2.29. The fourth-order valence-electron chi connectivity index (χ4n) is 3.07. The third-order valence-corrected chi connectivity index (χ3v) is 6.59. The predicted octanol–water partition coefficient (Wildman–Crippen LogP) is 2.56. The van der Waals surface area contributed by atoms with Gasteiger partial charge in [-0.1, -0.05) is 25.0 Å². The lowest BCUT2D eigenvalue weighted by Crippen LogP contribution is -2.46. The summed E-state index contributed by atoms with van der Waals surface area (Å²) in [6, 6.07) is 5.42. The van der Waals surface area contributed by atoms with Gasteiger partial charge in [-0.25, -0.2) is 4.39 Å². The van der Waals surface area contributed by atoms with Crippen LogP contribution in [0.2, 0.25) is 0 Å². The van der Waals surface area contributed by atoms with Crippen molar-refractivity contribution in [2.45, 2.75) is 37.8 Å². The topological polar surface area (TPSA) is 49.9 Å². The van der Waals surface area contributed by atoms with Crippen molar-refractivity contribution in [3.8, 4) is 0 Å². The van der Waals surface area contributed by atoms with Gasteiger partial charge in [-0.15, -0.1) is 0 Å². The third-order valence-electron chi connectivity index (χ3n) is 4.58. The summed E-state index contributed by atoms with van der Waals surface area (Å²) < 4.78 is 46.9. The Morgan fingerprint density at radius 2 is 1.78 bits per heavy atom. The molecular weight excluding hydrogens is 319 g/mol. The van der Waals surface area contributed by atoms with Crippen molar-refractivity contribution in [1.29, 1.82) is 0 Å². The van der Waals surface area contributed by atoms with E-state index in [1.165, 1.54) is 27.9 Å². The summed E-state index contributed by atoms with van der Waals surface area (Å²) in [5, 5.41) is 0. The number of rotatable bonds is 7. The van der Waals surface area contributed by atoms with Crippen LogP contribution >= 0.6 is 0 Å². The Kier molecular flexibility index (Phi) is 6.13. The van der Waals surface area contributed by atoms with Gasteiger partial charge in [0.05, 0.1) is 12.6 Å². The zero-order valence-corrected chi connectivity index (χ0v) is 14.7. The van der Waals surface area contributed by atoms with E-state index in [0.717, 1.165) is 25.7 Å². The molecule has 0 radical (unpaired) electrons. The molecule has 0 spiro atoms. The van der Waals surface area contributed by atoms with Gasteiger partial charge in [0.15, 0.2) is 0 Å². The maximum absolute atomic E-state index is 13.1. The Morgan fingerprint density at radius 1 is 1.22 bits per heavy atom. The number of ether oxygens (including phenoxy) is 1. The third kappa shape index (κ3) is 4.09. The second kappa shape index (κ2) is 7.70. The summed E-state index contributed by atoms with van der Waals surface area (Å²) in [5.74, 6) is -0.349. The van der Waals surface area contributed by atoms with E-state index in [2.05, 4.69) is 0 Å². The normalized spacial score (nSPS) is 18.0. The molecule has 1 aliphatic rings. The van der Waals surface area contributed by atoms with Gasteiger partial charge in [-0.2, -0.15) is 17.0 Å². The van der Waals surface area contributed by atoms with E-state index in [1.807, 2.05) is 0 Å². The first-order valence-corrected chi connectivity index (χ1v) is 9.23. The van der Waals surface area contributed by atoms with Crippen molar-refractivity contribution in [3.63, 3.8) is 0 Å². The van der Waals surface area contributed by atoms with Crippen molar-refractivity contribution in [3.05, 3.63) is 35.6 Å². The highest BCUT2D eigenvalue weighted by molar-refractivity contribution is 7.86. The molecule has 7 heteroatoms. The summed E-state index contributed by atoms with van der Waals surface area (Å²) in [6.07, 6.45) is 3.92. The van der Waals surface area contributed by atoms with Crippen molar-refractivity contribution in [2.75, 3.05) is 27.8 Å². The van der Waals surface area contributed by atoms with Crippen molar-refractivity contribution < 1.29 is 17.5 Å². The van der Waals surface area contributed by atoms with Gasteiger partial charge in [-0.3, -0.25) is 0 Å². The fraction of sp³-hybridized carbons (Fsp3) is 0.625. The summed E-state index contributed by atoms with van der Waals surface area (Å²) in [7, 11) is 1.10. The minimum atomic E-state index is -3.61. The van der Waals surface area contributed by atoms with Crippen LogP contribution < -0.4 is 0 Å². The Balaban J connectivity index is 2.25. The summed E-state index contributed by atoms with van der Waals surface area (Å²) >= 11 is 0. The van der Waals surface area contributed by atoms with E-state index in [-0.39, 0.29) is 18.5 Å². The average Bonchev–Trinajstić information content (AvgIpc) is 3.06. The molecule has 23 heavy (non-hydrogen) atoms. The van der Waals surface area contributed by atoms with Gasteiger partial charge in [0, 0.05) is 27.2 Å². The largest absolute Gasteiger partial charge is 0.383 e. The summed E-state index contributed by atoms with van der Waals surface area (Å²) in [4.78, 5) is 0. The van der Waals surface area contributed by atoms with Crippen LogP contribution in [-0.4, -0.2) is 50.9 Å². The lowest BCUT2D eigenvalue weighted by Gasteiger charge is -2.33. The number of halogens is 1. The quantitative estimate of drug-likeness (QED) is 0.764. The van der Waals surface area contributed by atoms with E-state index >= 15 is 0 Å². The zero-order valence-electron chi connectivity index (χ0n) is 13.9. The van der Waals surface area contributed by atoms with Crippen LogP contribution in [-0.2, 0) is 14.9 Å². The first-order chi connectivity index (χ1) is 10.9. The molecule has 0 aliphatic heterocycles. The molecule has 1 aliphatic carbocycles. The molecule has 2 rings (SSSR count). The van der Waals surface area contributed by atoms with Crippen LogP contribution in [0.3, 0.4) is 0 Å². The Morgan fingerprint density at radius 3 is 2.30 bits per heavy atom. The number of likely N-dealkylation sites (N-methyl/N-ethyl adjacent to an activating group) is 1. The molecular formula is C16H25FN2O3S. The fourth-order valence-corrected chi connectivity index (χ4v) is 4.57. The van der Waals surface area contributed by atoms with Crippen LogP contribution in [0.25, 0.3) is 0 Å². The Hall–Kier alpha value is -1.02. The minimum absolute atomic E-state index is 0.0545. The monoisotopic (exact) mass is 344 g/mol. The molecule has 0 aromatic heterocycles. The molecule has 0 N–H and O–H groups in total. The minimum Gasteiger partial charge on any atom is -0.383 e. The number of benzene rings is 1. The molecule has 1 unspecified atom stereocenters. The average molecular weight is 344 g/mol. The maximum Gasteiger partial charge on any atom is 0.282 e. The van der Waals surface area contributed by atoms with E-state index in [9.17, 15) is 12.8 Å². The Labute approximate surface area is 138 Å². The highest BCUT2D eigenvalue weighted by atomic mass is 32.2. The van der Waals surface area contributed by atoms with Crippen molar-refractivity contribution in [2.24, 2.45) is 0 Å². The first kappa shape index (κ1) is 18.3. The molecule has 1 fully saturated rings. The van der Waals surface area contributed by atoms with Crippen molar-refractivity contribution >= 4 is 10.2 Å². The number of nitrogens with zero attached hydrogens (tertiary/aromatic N) is 2. The smallest absolute Gasteiger partial charge is 0.282 e. The SMILES string of the molecule is COCC(c1ccc(F)cc1)N(C)S(=O)(=O)N(C)C1CCCC1. The second-order valence-corrected chi connectivity index (χ2v) is 8.05. The summed E-state index contributed by atoms with van der Waals surface area (Å²) in [6.45, 7) is 0.208. The molecule has 130 valence electrons. The van der Waals surface area contributed by atoms with Gasteiger partial charge in [0.2, 0.25) is 0 Å². The van der Waals surface area contributed by atoms with E-state index < -0.39 is 16.3 Å². The second-order valence-electron chi connectivity index (χ2n) is 6.00. The number of hydrogen-bond donors (Lipinski definition) is 0. The molecule has 1 aromatic carbocycles.